The first kappa shape index (κ1) is 13.0. The van der Waals surface area contributed by atoms with Crippen LogP contribution in [0, 0.1) is 0 Å². The molecule has 0 radical (unpaired) electrons. The topological polar surface area (TPSA) is 24.9 Å². The molecule has 92 valence electrons. The van der Waals surface area contributed by atoms with Crippen LogP contribution in [0.3, 0.4) is 0 Å². The Labute approximate surface area is 115 Å². The highest BCUT2D eigenvalue weighted by Gasteiger charge is 2.04. The fourth-order valence-corrected chi connectivity index (χ4v) is 2.87. The number of halogens is 1. The van der Waals surface area contributed by atoms with Crippen molar-refractivity contribution in [1.82, 2.24) is 4.98 Å². The van der Waals surface area contributed by atoms with E-state index in [4.69, 9.17) is 11.6 Å². The number of benzene rings is 1. The number of hydrogen-bond acceptors (Lipinski definition) is 4. The maximum atomic E-state index is 5.93. The summed E-state index contributed by atoms with van der Waals surface area (Å²) in [5.41, 5.74) is 0.975. The van der Waals surface area contributed by atoms with Gasteiger partial charge in [0.1, 0.15) is 0 Å². The molecule has 0 amide bonds. The third-order valence-corrected chi connectivity index (χ3v) is 4.85. The summed E-state index contributed by atoms with van der Waals surface area (Å²) in [5.74, 6) is 0. The van der Waals surface area contributed by atoms with Crippen molar-refractivity contribution in [3.8, 4) is 0 Å². The number of hydrogen-bond donors (Lipinski definition) is 1. The second-order valence-corrected chi connectivity index (χ2v) is 6.64. The number of anilines is 1. The molecule has 0 fully saturated rings. The molecule has 1 atom stereocenters. The zero-order valence-electron chi connectivity index (χ0n) is 9.87. The quantitative estimate of drug-likeness (QED) is 0.876. The van der Waals surface area contributed by atoms with Crippen LogP contribution in [0.15, 0.2) is 18.2 Å². The van der Waals surface area contributed by atoms with Gasteiger partial charge in [-0.05, 0) is 30.9 Å². The monoisotopic (exact) mass is 286 g/mol. The fourth-order valence-electron chi connectivity index (χ4n) is 1.48. The molecule has 0 bridgehead atoms. The van der Waals surface area contributed by atoms with Crippen molar-refractivity contribution in [2.24, 2.45) is 0 Å². The summed E-state index contributed by atoms with van der Waals surface area (Å²) in [4.78, 5) is 4.51. The van der Waals surface area contributed by atoms with Crippen LogP contribution in [0.25, 0.3) is 10.2 Å². The lowest BCUT2D eigenvalue weighted by Gasteiger charge is -2.07. The molecule has 2 rings (SSSR count). The van der Waals surface area contributed by atoms with Crippen LogP contribution in [0.5, 0.6) is 0 Å². The summed E-state index contributed by atoms with van der Waals surface area (Å²) < 4.78 is 1.18. The third kappa shape index (κ3) is 3.50. The van der Waals surface area contributed by atoms with Crippen LogP contribution >= 0.6 is 34.7 Å². The zero-order valence-corrected chi connectivity index (χ0v) is 12.3. The van der Waals surface area contributed by atoms with Crippen LogP contribution in [0.4, 0.5) is 5.13 Å². The van der Waals surface area contributed by atoms with E-state index in [0.717, 1.165) is 28.6 Å². The molecule has 0 aliphatic heterocycles. The lowest BCUT2D eigenvalue weighted by atomic mass is 10.3. The number of rotatable bonds is 5. The SMILES string of the molecule is CSC(C)CCNc1nc2cc(Cl)ccc2s1. The van der Waals surface area contributed by atoms with Crippen molar-refractivity contribution in [3.63, 3.8) is 0 Å². The molecule has 2 aromatic rings. The average Bonchev–Trinajstić information content (AvgIpc) is 2.70. The summed E-state index contributed by atoms with van der Waals surface area (Å²) >= 11 is 9.50. The fraction of sp³-hybridized carbons (Fsp3) is 0.417. The largest absolute Gasteiger partial charge is 0.361 e. The minimum absolute atomic E-state index is 0.686. The first-order valence-electron chi connectivity index (χ1n) is 5.52. The van der Waals surface area contributed by atoms with Gasteiger partial charge >= 0.3 is 0 Å². The van der Waals surface area contributed by atoms with E-state index in [9.17, 15) is 0 Å². The molecule has 0 saturated carbocycles. The van der Waals surface area contributed by atoms with Crippen molar-refractivity contribution in [3.05, 3.63) is 23.2 Å². The minimum atomic E-state index is 0.686. The van der Waals surface area contributed by atoms with E-state index < -0.39 is 0 Å². The van der Waals surface area contributed by atoms with E-state index in [2.05, 4.69) is 23.5 Å². The second-order valence-electron chi connectivity index (χ2n) is 3.89. The van der Waals surface area contributed by atoms with Crippen molar-refractivity contribution < 1.29 is 0 Å². The Morgan fingerprint density at radius 1 is 1.53 bits per heavy atom. The number of nitrogens with zero attached hydrogens (tertiary/aromatic N) is 1. The Bertz CT molecular complexity index is 498. The molecular weight excluding hydrogens is 272 g/mol. The molecule has 5 heteroatoms. The highest BCUT2D eigenvalue weighted by molar-refractivity contribution is 7.99. The number of thiazole rings is 1. The van der Waals surface area contributed by atoms with E-state index in [0.29, 0.717) is 5.25 Å². The summed E-state index contributed by atoms with van der Waals surface area (Å²) in [6.45, 7) is 3.21. The third-order valence-electron chi connectivity index (χ3n) is 2.58. The van der Waals surface area contributed by atoms with Crippen molar-refractivity contribution in [2.75, 3.05) is 18.1 Å². The molecule has 1 N–H and O–H groups in total. The molecule has 0 spiro atoms. The maximum absolute atomic E-state index is 5.93. The first-order chi connectivity index (χ1) is 8.19. The van der Waals surface area contributed by atoms with Gasteiger partial charge < -0.3 is 5.32 Å². The second kappa shape index (κ2) is 5.94. The number of nitrogens with one attached hydrogen (secondary N) is 1. The van der Waals surface area contributed by atoms with Gasteiger partial charge in [-0.15, -0.1) is 0 Å². The van der Waals surface area contributed by atoms with Gasteiger partial charge in [-0.1, -0.05) is 29.9 Å². The lowest BCUT2D eigenvalue weighted by molar-refractivity contribution is 0.853. The molecule has 2 nitrogen and oxygen atoms in total. The van der Waals surface area contributed by atoms with E-state index in [-0.39, 0.29) is 0 Å². The smallest absolute Gasteiger partial charge is 0.183 e. The van der Waals surface area contributed by atoms with E-state index in [1.165, 1.54) is 4.70 Å². The summed E-state index contributed by atoms with van der Waals surface area (Å²) in [6, 6.07) is 5.83. The van der Waals surface area contributed by atoms with Crippen LogP contribution in [0.2, 0.25) is 5.02 Å². The Balaban J connectivity index is 1.99. The van der Waals surface area contributed by atoms with E-state index >= 15 is 0 Å². The van der Waals surface area contributed by atoms with Crippen molar-refractivity contribution in [2.45, 2.75) is 18.6 Å². The number of aromatic nitrogens is 1. The van der Waals surface area contributed by atoms with Crippen LogP contribution in [0.1, 0.15) is 13.3 Å². The van der Waals surface area contributed by atoms with Gasteiger partial charge in [-0.3, -0.25) is 0 Å². The highest BCUT2D eigenvalue weighted by atomic mass is 35.5. The molecule has 0 aliphatic rings. The van der Waals surface area contributed by atoms with Gasteiger partial charge in [0.25, 0.3) is 0 Å². The number of fused-ring (bicyclic) bond motifs is 1. The molecule has 17 heavy (non-hydrogen) atoms. The maximum Gasteiger partial charge on any atom is 0.183 e. The predicted molar refractivity (Wildman–Crippen MR) is 80.7 cm³/mol. The van der Waals surface area contributed by atoms with Crippen LogP contribution < -0.4 is 5.32 Å². The molecule has 0 saturated heterocycles. The summed E-state index contributed by atoms with van der Waals surface area (Å²) in [6.07, 6.45) is 3.29. The Morgan fingerprint density at radius 2 is 2.35 bits per heavy atom. The molecule has 1 aromatic carbocycles. The molecule has 0 aliphatic carbocycles. The average molecular weight is 287 g/mol. The van der Waals surface area contributed by atoms with Gasteiger partial charge in [0.2, 0.25) is 0 Å². The van der Waals surface area contributed by atoms with E-state index in [1.54, 1.807) is 11.3 Å². The Kier molecular flexibility index (Phi) is 4.54. The molecule has 1 heterocycles. The summed E-state index contributed by atoms with van der Waals surface area (Å²) in [5, 5.41) is 5.78. The molecule has 1 aromatic heterocycles. The zero-order chi connectivity index (χ0) is 12.3. The molecule has 1 unspecified atom stereocenters. The Hall–Kier alpha value is -0.450. The van der Waals surface area contributed by atoms with Gasteiger partial charge in [-0.2, -0.15) is 11.8 Å². The van der Waals surface area contributed by atoms with Crippen molar-refractivity contribution >= 4 is 50.0 Å². The number of thioether (sulfide) groups is 1. The normalized spacial score (nSPS) is 12.9. The van der Waals surface area contributed by atoms with Gasteiger partial charge in [0, 0.05) is 16.8 Å². The van der Waals surface area contributed by atoms with E-state index in [1.807, 2.05) is 30.0 Å². The van der Waals surface area contributed by atoms with Crippen LogP contribution in [-0.2, 0) is 0 Å². The summed E-state index contributed by atoms with van der Waals surface area (Å²) in [7, 11) is 0. The predicted octanol–water partition coefficient (Wildman–Crippen LogP) is 4.50. The standard InChI is InChI=1S/C12H15ClN2S2/c1-8(16-2)5-6-14-12-15-10-7-9(13)3-4-11(10)17-12/h3-4,7-8H,5-6H2,1-2H3,(H,14,15). The lowest BCUT2D eigenvalue weighted by Crippen LogP contribution is -2.07. The Morgan fingerprint density at radius 3 is 3.12 bits per heavy atom. The van der Waals surface area contributed by atoms with Gasteiger partial charge in [0.15, 0.2) is 5.13 Å². The van der Waals surface area contributed by atoms with Gasteiger partial charge in [0.05, 0.1) is 10.2 Å². The minimum Gasteiger partial charge on any atom is -0.361 e. The first-order valence-corrected chi connectivity index (χ1v) is 8.00. The highest BCUT2D eigenvalue weighted by Crippen LogP contribution is 2.28. The van der Waals surface area contributed by atoms with Gasteiger partial charge in [-0.25, -0.2) is 4.98 Å². The van der Waals surface area contributed by atoms with Crippen LogP contribution in [-0.4, -0.2) is 23.0 Å². The molecular formula is C12H15ClN2S2. The van der Waals surface area contributed by atoms with Crippen molar-refractivity contribution in [1.29, 1.82) is 0 Å².